The first-order chi connectivity index (χ1) is 17.7. The smallest absolute Gasteiger partial charge is 0.277 e. The maximum atomic E-state index is 12.3. The number of hydrogen-bond donors (Lipinski definition) is 0. The first-order valence-corrected chi connectivity index (χ1v) is 11.9. The Morgan fingerprint density at radius 3 is 2.00 bits per heavy atom. The lowest BCUT2D eigenvalue weighted by Crippen LogP contribution is -1.94. The minimum Gasteiger partial charge on any atom is -0.309 e. The number of benzene rings is 6. The van der Waals surface area contributed by atoms with Crippen molar-refractivity contribution in [3.63, 3.8) is 0 Å². The van der Waals surface area contributed by atoms with Gasteiger partial charge >= 0.3 is 0 Å². The van der Waals surface area contributed by atoms with Crippen molar-refractivity contribution in [3.8, 4) is 16.8 Å². The highest BCUT2D eigenvalue weighted by Crippen LogP contribution is 2.44. The third-order valence-electron chi connectivity index (χ3n) is 7.05. The standard InChI is InChI=1S/C32H20N2O2/c35-34(36)30-20-23-11-5-4-10-22(23)19-27(30)26-15-8-16-28-32(26)31-25-14-7-6-9-21(25)17-18-29(31)33(28)24-12-2-1-3-13-24/h1-20H. The number of rotatable bonds is 3. The van der Waals surface area contributed by atoms with E-state index in [9.17, 15) is 10.1 Å². The third-order valence-corrected chi connectivity index (χ3v) is 7.05. The fourth-order valence-electron chi connectivity index (χ4n) is 5.50. The molecule has 0 spiro atoms. The molecule has 0 saturated carbocycles. The fourth-order valence-corrected chi connectivity index (χ4v) is 5.50. The SMILES string of the molecule is O=[N+]([O-])c1cc2ccccc2cc1-c1cccc2c1c1c3ccccc3ccc1n2-c1ccccc1. The topological polar surface area (TPSA) is 48.1 Å². The van der Waals surface area contributed by atoms with Crippen molar-refractivity contribution < 1.29 is 4.92 Å². The van der Waals surface area contributed by atoms with Crippen LogP contribution in [0.3, 0.4) is 0 Å². The van der Waals surface area contributed by atoms with Crippen LogP contribution in [0.1, 0.15) is 0 Å². The second-order valence-corrected chi connectivity index (χ2v) is 9.03. The molecule has 0 bridgehead atoms. The van der Waals surface area contributed by atoms with Gasteiger partial charge in [-0.2, -0.15) is 0 Å². The molecule has 0 saturated heterocycles. The summed E-state index contributed by atoms with van der Waals surface area (Å²) in [6, 6.07) is 40.5. The van der Waals surface area contributed by atoms with Crippen LogP contribution in [-0.2, 0) is 0 Å². The Kier molecular flexibility index (Phi) is 4.42. The van der Waals surface area contributed by atoms with Gasteiger partial charge in [-0.3, -0.25) is 10.1 Å². The average molecular weight is 465 g/mol. The summed E-state index contributed by atoms with van der Waals surface area (Å²) in [6.45, 7) is 0. The Labute approximate surface area is 206 Å². The Bertz CT molecular complexity index is 1970. The van der Waals surface area contributed by atoms with Crippen molar-refractivity contribution in [3.05, 3.63) is 131 Å². The summed E-state index contributed by atoms with van der Waals surface area (Å²) in [7, 11) is 0. The minimum absolute atomic E-state index is 0.113. The molecule has 0 radical (unpaired) electrons. The largest absolute Gasteiger partial charge is 0.309 e. The second kappa shape index (κ2) is 7.79. The summed E-state index contributed by atoms with van der Waals surface area (Å²) in [5.74, 6) is 0. The van der Waals surface area contributed by atoms with Crippen molar-refractivity contribution >= 4 is 49.0 Å². The summed E-state index contributed by atoms with van der Waals surface area (Å²) >= 11 is 0. The van der Waals surface area contributed by atoms with Crippen LogP contribution in [0.25, 0.3) is 60.2 Å². The van der Waals surface area contributed by atoms with E-state index in [2.05, 4.69) is 53.1 Å². The molecule has 0 aliphatic carbocycles. The Morgan fingerprint density at radius 2 is 1.22 bits per heavy atom. The number of fused-ring (bicyclic) bond motifs is 6. The van der Waals surface area contributed by atoms with E-state index in [1.807, 2.05) is 66.7 Å². The summed E-state index contributed by atoms with van der Waals surface area (Å²) in [6.07, 6.45) is 0. The molecule has 0 unspecified atom stereocenters. The van der Waals surface area contributed by atoms with Crippen LogP contribution < -0.4 is 0 Å². The van der Waals surface area contributed by atoms with Crippen molar-refractivity contribution in [1.82, 2.24) is 4.57 Å². The second-order valence-electron chi connectivity index (χ2n) is 9.03. The zero-order valence-electron chi connectivity index (χ0n) is 19.3. The van der Waals surface area contributed by atoms with Crippen LogP contribution >= 0.6 is 0 Å². The van der Waals surface area contributed by atoms with Crippen LogP contribution in [0.4, 0.5) is 5.69 Å². The van der Waals surface area contributed by atoms with Gasteiger partial charge in [-0.05, 0) is 57.4 Å². The molecule has 0 atom stereocenters. The van der Waals surface area contributed by atoms with Crippen molar-refractivity contribution in [2.24, 2.45) is 0 Å². The average Bonchev–Trinajstić information content (AvgIpc) is 3.28. The Morgan fingerprint density at radius 1 is 0.556 bits per heavy atom. The van der Waals surface area contributed by atoms with Crippen LogP contribution in [0.2, 0.25) is 0 Å². The highest BCUT2D eigenvalue weighted by molar-refractivity contribution is 6.25. The van der Waals surface area contributed by atoms with Gasteiger partial charge < -0.3 is 4.57 Å². The van der Waals surface area contributed by atoms with E-state index in [4.69, 9.17) is 0 Å². The number of nitro benzene ring substituents is 1. The molecule has 4 heteroatoms. The summed E-state index contributed by atoms with van der Waals surface area (Å²) in [5.41, 5.74) is 4.75. The van der Waals surface area contributed by atoms with Gasteiger partial charge in [-0.1, -0.05) is 84.9 Å². The van der Waals surface area contributed by atoms with Gasteiger partial charge in [0.1, 0.15) is 0 Å². The highest BCUT2D eigenvalue weighted by atomic mass is 16.6. The number of nitrogens with zero attached hydrogens (tertiary/aromatic N) is 2. The molecule has 36 heavy (non-hydrogen) atoms. The van der Waals surface area contributed by atoms with E-state index in [0.29, 0.717) is 5.56 Å². The molecule has 1 heterocycles. The molecule has 0 amide bonds. The predicted molar refractivity (Wildman–Crippen MR) is 148 cm³/mol. The van der Waals surface area contributed by atoms with Gasteiger partial charge in [0.2, 0.25) is 0 Å². The van der Waals surface area contributed by atoms with E-state index < -0.39 is 0 Å². The molecule has 1 aromatic heterocycles. The molecule has 0 fully saturated rings. The van der Waals surface area contributed by atoms with Gasteiger partial charge in [0.05, 0.1) is 21.5 Å². The Hall–Kier alpha value is -4.96. The monoisotopic (exact) mass is 464 g/mol. The zero-order chi connectivity index (χ0) is 24.2. The summed E-state index contributed by atoms with van der Waals surface area (Å²) < 4.78 is 2.26. The fraction of sp³-hybridized carbons (Fsp3) is 0. The van der Waals surface area contributed by atoms with Gasteiger partial charge in [-0.15, -0.1) is 0 Å². The molecule has 6 aromatic carbocycles. The van der Waals surface area contributed by atoms with Gasteiger partial charge in [0, 0.05) is 22.5 Å². The first-order valence-electron chi connectivity index (χ1n) is 11.9. The minimum atomic E-state index is -0.269. The van der Waals surface area contributed by atoms with Crippen molar-refractivity contribution in [1.29, 1.82) is 0 Å². The molecular formula is C32H20N2O2. The quantitative estimate of drug-likeness (QED) is 0.194. The molecule has 4 nitrogen and oxygen atoms in total. The number of aromatic nitrogens is 1. The summed E-state index contributed by atoms with van der Waals surface area (Å²) in [4.78, 5) is 12.0. The van der Waals surface area contributed by atoms with Crippen LogP contribution in [0.15, 0.2) is 121 Å². The summed E-state index contributed by atoms with van der Waals surface area (Å²) in [5, 5.41) is 18.5. The van der Waals surface area contributed by atoms with Crippen LogP contribution in [0.5, 0.6) is 0 Å². The van der Waals surface area contributed by atoms with Crippen LogP contribution in [0, 0.1) is 10.1 Å². The molecule has 0 aliphatic heterocycles. The molecule has 7 rings (SSSR count). The Balaban J connectivity index is 1.71. The molecule has 7 aromatic rings. The van der Waals surface area contributed by atoms with E-state index in [0.717, 1.165) is 54.6 Å². The van der Waals surface area contributed by atoms with Gasteiger partial charge in [0.25, 0.3) is 5.69 Å². The highest BCUT2D eigenvalue weighted by Gasteiger charge is 2.23. The predicted octanol–water partition coefficient (Wildman–Crippen LogP) is 8.67. The van der Waals surface area contributed by atoms with Crippen molar-refractivity contribution in [2.45, 2.75) is 0 Å². The third kappa shape index (κ3) is 2.95. The lowest BCUT2D eigenvalue weighted by Gasteiger charge is -2.10. The van der Waals surface area contributed by atoms with E-state index in [1.54, 1.807) is 6.07 Å². The van der Waals surface area contributed by atoms with E-state index in [1.165, 1.54) is 0 Å². The van der Waals surface area contributed by atoms with E-state index in [-0.39, 0.29) is 10.6 Å². The maximum Gasteiger partial charge on any atom is 0.277 e. The normalized spacial score (nSPS) is 11.6. The maximum absolute atomic E-state index is 12.3. The number of hydrogen-bond acceptors (Lipinski definition) is 2. The van der Waals surface area contributed by atoms with Crippen molar-refractivity contribution in [2.75, 3.05) is 0 Å². The van der Waals surface area contributed by atoms with Crippen LogP contribution in [-0.4, -0.2) is 9.49 Å². The lowest BCUT2D eigenvalue weighted by molar-refractivity contribution is -0.384. The number of para-hydroxylation sites is 1. The van der Waals surface area contributed by atoms with Gasteiger partial charge in [0.15, 0.2) is 0 Å². The molecule has 0 aliphatic rings. The van der Waals surface area contributed by atoms with E-state index >= 15 is 0 Å². The molecule has 170 valence electrons. The lowest BCUT2D eigenvalue weighted by atomic mass is 9.94. The molecule has 0 N–H and O–H groups in total. The van der Waals surface area contributed by atoms with Gasteiger partial charge in [-0.25, -0.2) is 0 Å². The zero-order valence-corrected chi connectivity index (χ0v) is 19.3. The number of nitro groups is 1. The molecular weight excluding hydrogens is 444 g/mol. The first kappa shape index (κ1) is 20.4.